The summed E-state index contributed by atoms with van der Waals surface area (Å²) in [5, 5.41) is 5.70. The number of nitrogens with one attached hydrogen (secondary N) is 2. The van der Waals surface area contributed by atoms with Crippen molar-refractivity contribution in [1.82, 2.24) is 10.6 Å². The predicted molar refractivity (Wildman–Crippen MR) is 69.6 cm³/mol. The molecule has 0 saturated carbocycles. The van der Waals surface area contributed by atoms with E-state index < -0.39 is 6.04 Å². The van der Waals surface area contributed by atoms with Crippen LogP contribution in [-0.4, -0.2) is 25.5 Å². The lowest BCUT2D eigenvalue weighted by Gasteiger charge is -2.10. The number of carbonyl (C=O) groups excluding carboxylic acids is 1. The molecule has 5 nitrogen and oxygen atoms in total. The van der Waals surface area contributed by atoms with Gasteiger partial charge in [0.2, 0.25) is 0 Å². The van der Waals surface area contributed by atoms with E-state index in [2.05, 4.69) is 22.5 Å². The van der Waals surface area contributed by atoms with E-state index in [1.165, 1.54) is 0 Å². The molecule has 1 aromatic carbocycles. The number of hydrogen-bond donors (Lipinski definition) is 2. The summed E-state index contributed by atoms with van der Waals surface area (Å²) in [7, 11) is 1.63. The molecular weight excluding hydrogens is 230 g/mol. The van der Waals surface area contributed by atoms with Gasteiger partial charge in [0.1, 0.15) is 11.8 Å². The Morgan fingerprint density at radius 2 is 2.28 bits per heavy atom. The van der Waals surface area contributed by atoms with Crippen LogP contribution in [0.15, 0.2) is 29.3 Å². The number of rotatable bonds is 4. The monoisotopic (exact) mass is 247 g/mol. The number of aliphatic imine (C=N–C) groups is 1. The van der Waals surface area contributed by atoms with Crippen LogP contribution in [0.3, 0.4) is 0 Å². The third-order valence-electron chi connectivity index (χ3n) is 2.67. The van der Waals surface area contributed by atoms with Gasteiger partial charge >= 0.3 is 0 Å². The summed E-state index contributed by atoms with van der Waals surface area (Å²) in [6.45, 7) is 2.73. The molecule has 0 aliphatic carbocycles. The zero-order valence-corrected chi connectivity index (χ0v) is 10.6. The minimum atomic E-state index is -0.395. The quantitative estimate of drug-likeness (QED) is 0.841. The lowest BCUT2D eigenvalue weighted by Crippen LogP contribution is -2.24. The van der Waals surface area contributed by atoms with Crippen LogP contribution in [0.1, 0.15) is 24.9 Å². The minimum absolute atomic E-state index is 0.0942. The first-order valence-electron chi connectivity index (χ1n) is 6.01. The molecule has 96 valence electrons. The largest absolute Gasteiger partial charge is 0.494 e. The van der Waals surface area contributed by atoms with E-state index in [9.17, 15) is 4.79 Å². The Bertz CT molecular complexity index is 471. The molecule has 1 fully saturated rings. The first-order chi connectivity index (χ1) is 8.74. The molecule has 1 amide bonds. The van der Waals surface area contributed by atoms with E-state index in [4.69, 9.17) is 4.74 Å². The minimum Gasteiger partial charge on any atom is -0.494 e. The molecule has 0 spiro atoms. The molecule has 1 atom stereocenters. The Kier molecular flexibility index (Phi) is 3.82. The lowest BCUT2D eigenvalue weighted by atomic mass is 10.1. The van der Waals surface area contributed by atoms with Gasteiger partial charge in [0, 0.05) is 7.05 Å². The van der Waals surface area contributed by atoms with Gasteiger partial charge in [0.25, 0.3) is 5.91 Å². The van der Waals surface area contributed by atoms with E-state index in [1.807, 2.05) is 24.3 Å². The van der Waals surface area contributed by atoms with Gasteiger partial charge in [-0.15, -0.1) is 0 Å². The summed E-state index contributed by atoms with van der Waals surface area (Å²) in [5.41, 5.74) is 0.875. The summed E-state index contributed by atoms with van der Waals surface area (Å²) in [5.74, 6) is 1.19. The maximum absolute atomic E-state index is 11.8. The van der Waals surface area contributed by atoms with Gasteiger partial charge in [-0.25, -0.2) is 0 Å². The summed E-state index contributed by atoms with van der Waals surface area (Å²) in [4.78, 5) is 15.7. The Hall–Kier alpha value is -2.04. The van der Waals surface area contributed by atoms with E-state index in [0.29, 0.717) is 12.6 Å². The van der Waals surface area contributed by atoms with Crippen molar-refractivity contribution in [2.75, 3.05) is 13.7 Å². The number of ether oxygens (including phenoxy) is 1. The fraction of sp³-hybridized carbons (Fsp3) is 0.385. The standard InChI is InChI=1S/C13H17N3O2/c1-3-7-18-10-6-4-5-9(8-10)11-12(17)16-13(14-2)15-11/h4-6,8,11H,3,7H2,1-2H3,(H2,14,15,16,17). The van der Waals surface area contributed by atoms with Crippen molar-refractivity contribution in [3.8, 4) is 5.75 Å². The zero-order valence-electron chi connectivity index (χ0n) is 10.6. The summed E-state index contributed by atoms with van der Waals surface area (Å²) >= 11 is 0. The molecule has 2 rings (SSSR count). The van der Waals surface area contributed by atoms with Crippen LogP contribution in [0.2, 0.25) is 0 Å². The van der Waals surface area contributed by atoms with Crippen LogP contribution in [-0.2, 0) is 4.79 Å². The van der Waals surface area contributed by atoms with Crippen LogP contribution < -0.4 is 15.4 Å². The molecular formula is C13H17N3O2. The van der Waals surface area contributed by atoms with Crippen molar-refractivity contribution in [3.05, 3.63) is 29.8 Å². The smallest absolute Gasteiger partial charge is 0.253 e. The maximum atomic E-state index is 11.8. The number of amides is 1. The topological polar surface area (TPSA) is 62.7 Å². The first kappa shape index (κ1) is 12.4. The van der Waals surface area contributed by atoms with Gasteiger partial charge in [0.05, 0.1) is 6.61 Å². The molecule has 1 aliphatic heterocycles. The molecule has 1 aliphatic rings. The van der Waals surface area contributed by atoms with Crippen molar-refractivity contribution in [2.24, 2.45) is 4.99 Å². The number of carbonyl (C=O) groups is 1. The van der Waals surface area contributed by atoms with Crippen molar-refractivity contribution in [2.45, 2.75) is 19.4 Å². The zero-order chi connectivity index (χ0) is 13.0. The maximum Gasteiger partial charge on any atom is 0.253 e. The van der Waals surface area contributed by atoms with E-state index in [0.717, 1.165) is 17.7 Å². The molecule has 1 unspecified atom stereocenters. The Balaban J connectivity index is 2.16. The molecule has 0 aromatic heterocycles. The van der Waals surface area contributed by atoms with E-state index >= 15 is 0 Å². The second-order valence-electron chi connectivity index (χ2n) is 4.06. The molecule has 18 heavy (non-hydrogen) atoms. The fourth-order valence-corrected chi connectivity index (χ4v) is 1.79. The van der Waals surface area contributed by atoms with Crippen LogP contribution in [0, 0.1) is 0 Å². The summed E-state index contributed by atoms with van der Waals surface area (Å²) in [6.07, 6.45) is 0.957. The third-order valence-corrected chi connectivity index (χ3v) is 2.67. The molecule has 5 heteroatoms. The average molecular weight is 247 g/mol. The molecule has 0 radical (unpaired) electrons. The van der Waals surface area contributed by atoms with Gasteiger partial charge in [-0.1, -0.05) is 19.1 Å². The molecule has 2 N–H and O–H groups in total. The average Bonchev–Trinajstić information content (AvgIpc) is 2.78. The van der Waals surface area contributed by atoms with Gasteiger partial charge in [-0.05, 0) is 24.1 Å². The van der Waals surface area contributed by atoms with Crippen molar-refractivity contribution >= 4 is 11.9 Å². The first-order valence-corrected chi connectivity index (χ1v) is 6.01. The number of benzene rings is 1. The number of hydrogen-bond acceptors (Lipinski definition) is 3. The van der Waals surface area contributed by atoms with Gasteiger partial charge in [-0.3, -0.25) is 15.1 Å². The van der Waals surface area contributed by atoms with E-state index in [-0.39, 0.29) is 5.91 Å². The normalized spacial score (nSPS) is 20.7. The fourth-order valence-electron chi connectivity index (χ4n) is 1.79. The second kappa shape index (κ2) is 5.53. The van der Waals surface area contributed by atoms with Crippen LogP contribution in [0.5, 0.6) is 5.75 Å². The SMILES string of the molecule is CCCOc1cccc(C2NC(=NC)NC2=O)c1. The highest BCUT2D eigenvalue weighted by Gasteiger charge is 2.29. The van der Waals surface area contributed by atoms with Gasteiger partial charge in [-0.2, -0.15) is 0 Å². The molecule has 1 aromatic rings. The van der Waals surface area contributed by atoms with E-state index in [1.54, 1.807) is 7.05 Å². The molecule has 0 bridgehead atoms. The highest BCUT2D eigenvalue weighted by Crippen LogP contribution is 2.21. The van der Waals surface area contributed by atoms with Gasteiger partial charge in [0.15, 0.2) is 5.96 Å². The predicted octanol–water partition coefficient (Wildman–Crippen LogP) is 1.22. The molecule has 1 heterocycles. The van der Waals surface area contributed by atoms with Crippen molar-refractivity contribution in [3.63, 3.8) is 0 Å². The third kappa shape index (κ3) is 2.61. The Morgan fingerprint density at radius 1 is 1.44 bits per heavy atom. The number of nitrogens with zero attached hydrogens (tertiary/aromatic N) is 1. The second-order valence-corrected chi connectivity index (χ2v) is 4.06. The lowest BCUT2D eigenvalue weighted by molar-refractivity contribution is -0.120. The van der Waals surface area contributed by atoms with Crippen molar-refractivity contribution < 1.29 is 9.53 Å². The molecule has 1 saturated heterocycles. The van der Waals surface area contributed by atoms with Crippen LogP contribution >= 0.6 is 0 Å². The van der Waals surface area contributed by atoms with Crippen LogP contribution in [0.4, 0.5) is 0 Å². The van der Waals surface area contributed by atoms with Crippen LogP contribution in [0.25, 0.3) is 0 Å². The Labute approximate surface area is 106 Å². The highest BCUT2D eigenvalue weighted by atomic mass is 16.5. The summed E-state index contributed by atoms with van der Waals surface area (Å²) < 4.78 is 5.55. The number of guanidine groups is 1. The van der Waals surface area contributed by atoms with Crippen molar-refractivity contribution in [1.29, 1.82) is 0 Å². The Morgan fingerprint density at radius 3 is 2.94 bits per heavy atom. The summed E-state index contributed by atoms with van der Waals surface area (Å²) in [6, 6.07) is 7.16. The highest BCUT2D eigenvalue weighted by molar-refractivity contribution is 6.06. The van der Waals surface area contributed by atoms with Gasteiger partial charge < -0.3 is 10.1 Å².